The van der Waals surface area contributed by atoms with Crippen LogP contribution in [0.25, 0.3) is 0 Å². The molecule has 24 heavy (non-hydrogen) atoms. The molecule has 3 atom stereocenters. The second kappa shape index (κ2) is 11.7. The molecule has 1 aromatic carbocycles. The Morgan fingerprint density at radius 3 is 2.38 bits per heavy atom. The van der Waals surface area contributed by atoms with Crippen molar-refractivity contribution in [1.29, 1.82) is 0 Å². The second-order valence-corrected chi connectivity index (χ2v) is 6.74. The smallest absolute Gasteiger partial charge is 0.241 e. The molecule has 0 radical (unpaired) electrons. The van der Waals surface area contributed by atoms with Crippen LogP contribution in [-0.2, 0) is 4.79 Å². The number of halogens is 2. The van der Waals surface area contributed by atoms with Gasteiger partial charge in [0.2, 0.25) is 5.91 Å². The van der Waals surface area contributed by atoms with E-state index < -0.39 is 6.04 Å². The average Bonchev–Trinajstić information content (AvgIpc) is 2.50. The molecule has 0 aromatic heterocycles. The zero-order chi connectivity index (χ0) is 15.9. The topological polar surface area (TPSA) is 58.4 Å². The minimum Gasteiger partial charge on any atom is -0.354 e. The summed E-state index contributed by atoms with van der Waals surface area (Å²) in [6.45, 7) is 8.75. The number of benzene rings is 1. The predicted molar refractivity (Wildman–Crippen MR) is 105 cm³/mol. The monoisotopic (exact) mass is 375 g/mol. The van der Waals surface area contributed by atoms with E-state index in [0.29, 0.717) is 6.54 Å². The first-order valence-corrected chi connectivity index (χ1v) is 8.37. The quantitative estimate of drug-likeness (QED) is 0.751. The van der Waals surface area contributed by atoms with Gasteiger partial charge in [0, 0.05) is 19.6 Å². The van der Waals surface area contributed by atoms with Crippen molar-refractivity contribution in [3.8, 4) is 0 Å². The highest BCUT2D eigenvalue weighted by Gasteiger charge is 2.21. The molecule has 6 heteroatoms. The summed E-state index contributed by atoms with van der Waals surface area (Å²) in [5, 5.41) is 2.95. The van der Waals surface area contributed by atoms with Crippen LogP contribution in [0.5, 0.6) is 0 Å². The second-order valence-electron chi connectivity index (χ2n) is 6.74. The van der Waals surface area contributed by atoms with Crippen LogP contribution in [0.3, 0.4) is 0 Å². The van der Waals surface area contributed by atoms with Crippen LogP contribution >= 0.6 is 24.8 Å². The summed E-state index contributed by atoms with van der Waals surface area (Å²) in [5.41, 5.74) is 6.84. The fraction of sp³-hybridized carbons (Fsp3) is 0.611. The molecule has 0 saturated carbocycles. The van der Waals surface area contributed by atoms with Crippen LogP contribution in [0.4, 0.5) is 0 Å². The number of hydrogen-bond acceptors (Lipinski definition) is 3. The molecule has 0 bridgehead atoms. The summed E-state index contributed by atoms with van der Waals surface area (Å²) in [6.07, 6.45) is 2.31. The number of nitrogens with zero attached hydrogens (tertiary/aromatic N) is 1. The number of piperidine rings is 1. The molecule has 138 valence electrons. The summed E-state index contributed by atoms with van der Waals surface area (Å²) in [4.78, 5) is 14.6. The first kappa shape index (κ1) is 23.2. The van der Waals surface area contributed by atoms with Gasteiger partial charge in [-0.1, -0.05) is 44.2 Å². The maximum Gasteiger partial charge on any atom is 0.241 e. The van der Waals surface area contributed by atoms with Crippen molar-refractivity contribution in [2.75, 3.05) is 26.2 Å². The number of carbonyl (C=O) groups is 1. The first-order chi connectivity index (χ1) is 10.6. The Kier molecular flexibility index (Phi) is 11.3. The van der Waals surface area contributed by atoms with Crippen molar-refractivity contribution < 1.29 is 4.79 Å². The van der Waals surface area contributed by atoms with Crippen molar-refractivity contribution in [3.05, 3.63) is 35.9 Å². The lowest BCUT2D eigenvalue weighted by atomic mass is 9.92. The van der Waals surface area contributed by atoms with E-state index >= 15 is 0 Å². The van der Waals surface area contributed by atoms with Gasteiger partial charge in [-0.25, -0.2) is 0 Å². The molecule has 1 heterocycles. The molecule has 1 aromatic rings. The third-order valence-corrected chi connectivity index (χ3v) is 4.34. The summed E-state index contributed by atoms with van der Waals surface area (Å²) in [5.74, 6) is 1.47. The van der Waals surface area contributed by atoms with Crippen LogP contribution in [0, 0.1) is 11.8 Å². The summed E-state index contributed by atoms with van der Waals surface area (Å²) < 4.78 is 0. The standard InChI is InChI=1S/C18H29N3O.2ClH/c1-14-11-15(2)13-21(12-14)10-6-9-20-18(22)17(19)16-7-4-3-5-8-16;;/h3-5,7-8,14-15,17H,6,9-13,19H2,1-2H3,(H,20,22);2*1H. The maximum atomic E-state index is 12.0. The Balaban J connectivity index is 0.00000264. The van der Waals surface area contributed by atoms with E-state index in [1.54, 1.807) is 0 Å². The number of hydrogen-bond donors (Lipinski definition) is 2. The Bertz CT molecular complexity index is 463. The van der Waals surface area contributed by atoms with E-state index in [-0.39, 0.29) is 30.7 Å². The van der Waals surface area contributed by atoms with Crippen molar-refractivity contribution in [2.45, 2.75) is 32.7 Å². The molecular formula is C18H31Cl2N3O. The van der Waals surface area contributed by atoms with Gasteiger partial charge in [0.25, 0.3) is 0 Å². The van der Waals surface area contributed by atoms with E-state index in [1.165, 1.54) is 19.5 Å². The highest BCUT2D eigenvalue weighted by Crippen LogP contribution is 2.20. The molecule has 3 N–H and O–H groups in total. The number of likely N-dealkylation sites (tertiary alicyclic amines) is 1. The molecule has 2 rings (SSSR count). The number of nitrogens with one attached hydrogen (secondary N) is 1. The fourth-order valence-corrected chi connectivity index (χ4v) is 3.41. The molecule has 1 fully saturated rings. The minimum absolute atomic E-state index is 0. The summed E-state index contributed by atoms with van der Waals surface area (Å²) in [7, 11) is 0. The zero-order valence-electron chi connectivity index (χ0n) is 14.6. The fourth-order valence-electron chi connectivity index (χ4n) is 3.41. The molecule has 1 amide bonds. The lowest BCUT2D eigenvalue weighted by Crippen LogP contribution is -2.40. The third-order valence-electron chi connectivity index (χ3n) is 4.34. The number of amides is 1. The van der Waals surface area contributed by atoms with Crippen molar-refractivity contribution in [3.63, 3.8) is 0 Å². The SMILES string of the molecule is CC1CC(C)CN(CCCNC(=O)C(N)c2ccccc2)C1.Cl.Cl. The van der Waals surface area contributed by atoms with Gasteiger partial charge in [0.1, 0.15) is 6.04 Å². The maximum absolute atomic E-state index is 12.0. The molecule has 0 aliphatic carbocycles. The van der Waals surface area contributed by atoms with Gasteiger partial charge in [-0.05, 0) is 36.8 Å². The largest absolute Gasteiger partial charge is 0.354 e. The highest BCUT2D eigenvalue weighted by atomic mass is 35.5. The Hall–Kier alpha value is -0.810. The van der Waals surface area contributed by atoms with Crippen molar-refractivity contribution in [2.24, 2.45) is 17.6 Å². The normalized spacial score (nSPS) is 22.0. The molecule has 3 unspecified atom stereocenters. The third kappa shape index (κ3) is 7.39. The molecule has 4 nitrogen and oxygen atoms in total. The van der Waals surface area contributed by atoms with Gasteiger partial charge < -0.3 is 16.0 Å². The van der Waals surface area contributed by atoms with E-state index in [0.717, 1.165) is 30.4 Å². The van der Waals surface area contributed by atoms with Gasteiger partial charge in [-0.2, -0.15) is 0 Å². The van der Waals surface area contributed by atoms with Gasteiger partial charge in [-0.3, -0.25) is 4.79 Å². The Morgan fingerprint density at radius 1 is 1.21 bits per heavy atom. The molecule has 1 aliphatic rings. The first-order valence-electron chi connectivity index (χ1n) is 8.37. The molecule has 0 spiro atoms. The molecule has 1 saturated heterocycles. The van der Waals surface area contributed by atoms with E-state index in [4.69, 9.17) is 5.73 Å². The lowest BCUT2D eigenvalue weighted by molar-refractivity contribution is -0.122. The van der Waals surface area contributed by atoms with E-state index in [2.05, 4.69) is 24.1 Å². The van der Waals surface area contributed by atoms with E-state index in [9.17, 15) is 4.79 Å². The predicted octanol–water partition coefficient (Wildman–Crippen LogP) is 3.01. The van der Waals surface area contributed by atoms with Crippen LogP contribution in [0.1, 0.15) is 38.3 Å². The van der Waals surface area contributed by atoms with E-state index in [1.807, 2.05) is 30.3 Å². The number of nitrogens with two attached hydrogens (primary N) is 1. The Labute approximate surface area is 158 Å². The minimum atomic E-state index is -0.573. The lowest BCUT2D eigenvalue weighted by Gasteiger charge is -2.34. The van der Waals surface area contributed by atoms with Crippen LogP contribution in [-0.4, -0.2) is 37.0 Å². The van der Waals surface area contributed by atoms with Gasteiger partial charge >= 0.3 is 0 Å². The average molecular weight is 376 g/mol. The van der Waals surface area contributed by atoms with Gasteiger partial charge in [-0.15, -0.1) is 24.8 Å². The van der Waals surface area contributed by atoms with Crippen molar-refractivity contribution in [1.82, 2.24) is 10.2 Å². The Morgan fingerprint density at radius 2 is 1.79 bits per heavy atom. The van der Waals surface area contributed by atoms with Gasteiger partial charge in [0.05, 0.1) is 0 Å². The number of carbonyl (C=O) groups excluding carboxylic acids is 1. The van der Waals surface area contributed by atoms with Crippen LogP contribution in [0.2, 0.25) is 0 Å². The highest BCUT2D eigenvalue weighted by molar-refractivity contribution is 5.85. The molecule has 1 aliphatic heterocycles. The number of rotatable bonds is 6. The summed E-state index contributed by atoms with van der Waals surface area (Å²) in [6, 6.07) is 8.94. The molecular weight excluding hydrogens is 345 g/mol. The zero-order valence-corrected chi connectivity index (χ0v) is 16.2. The van der Waals surface area contributed by atoms with Crippen LogP contribution in [0.15, 0.2) is 30.3 Å². The summed E-state index contributed by atoms with van der Waals surface area (Å²) >= 11 is 0. The van der Waals surface area contributed by atoms with Crippen molar-refractivity contribution >= 4 is 30.7 Å². The van der Waals surface area contributed by atoms with Gasteiger partial charge in [0.15, 0.2) is 0 Å². The van der Waals surface area contributed by atoms with Crippen LogP contribution < -0.4 is 11.1 Å².